The molecule has 0 bridgehead atoms. The molecule has 0 fully saturated rings. The fourth-order valence-corrected chi connectivity index (χ4v) is 6.13. The summed E-state index contributed by atoms with van der Waals surface area (Å²) in [5, 5.41) is 3.47. The van der Waals surface area contributed by atoms with Crippen molar-refractivity contribution in [3.05, 3.63) is 76.3 Å². The lowest BCUT2D eigenvalue weighted by Gasteiger charge is -2.32. The first-order valence-electron chi connectivity index (χ1n) is 14.3. The highest BCUT2D eigenvalue weighted by Gasteiger charge is 2.33. The largest absolute Gasteiger partial charge is 0.494 e. The van der Waals surface area contributed by atoms with Crippen LogP contribution in [-0.4, -0.2) is 65.1 Å². The summed E-state index contributed by atoms with van der Waals surface area (Å²) in [5.41, 5.74) is 0.824. The molecule has 0 aromatic heterocycles. The Morgan fingerprint density at radius 3 is 2.13 bits per heavy atom. The fourth-order valence-electron chi connectivity index (χ4n) is 4.38. The zero-order valence-corrected chi connectivity index (χ0v) is 28.5. The lowest BCUT2D eigenvalue weighted by atomic mass is 10.1. The van der Waals surface area contributed by atoms with Crippen molar-refractivity contribution in [2.24, 2.45) is 5.92 Å². The third-order valence-corrected chi connectivity index (χ3v) is 9.36. The van der Waals surface area contributed by atoms with Gasteiger partial charge < -0.3 is 24.4 Å². The number of sulfonamides is 1. The van der Waals surface area contributed by atoms with Gasteiger partial charge in [-0.25, -0.2) is 8.42 Å². The highest BCUT2D eigenvalue weighted by molar-refractivity contribution is 7.92. The lowest BCUT2D eigenvalue weighted by molar-refractivity contribution is -0.139. The summed E-state index contributed by atoms with van der Waals surface area (Å²) >= 11 is 12.3. The van der Waals surface area contributed by atoms with Crippen molar-refractivity contribution < 1.29 is 32.2 Å². The average Bonchev–Trinajstić information content (AvgIpc) is 3.02. The third kappa shape index (κ3) is 9.18. The Labute approximate surface area is 275 Å². The maximum Gasteiger partial charge on any atom is 0.264 e. The smallest absolute Gasteiger partial charge is 0.264 e. The average molecular weight is 681 g/mol. The summed E-state index contributed by atoms with van der Waals surface area (Å²) in [4.78, 5) is 28.5. The van der Waals surface area contributed by atoms with E-state index in [-0.39, 0.29) is 39.7 Å². The van der Waals surface area contributed by atoms with Gasteiger partial charge in [-0.2, -0.15) is 0 Å². The normalized spacial score (nSPS) is 11.9. The van der Waals surface area contributed by atoms with Gasteiger partial charge in [-0.05, 0) is 73.9 Å². The van der Waals surface area contributed by atoms with E-state index in [0.29, 0.717) is 35.2 Å². The van der Waals surface area contributed by atoms with Crippen molar-refractivity contribution in [3.8, 4) is 17.2 Å². The number of benzene rings is 3. The molecule has 3 aromatic rings. The minimum Gasteiger partial charge on any atom is -0.494 e. The lowest BCUT2D eigenvalue weighted by Crippen LogP contribution is -2.51. The van der Waals surface area contributed by atoms with Crippen molar-refractivity contribution in [2.75, 3.05) is 38.2 Å². The molecule has 0 radical (unpaired) electrons. The molecule has 0 unspecified atom stereocenters. The topological polar surface area (TPSA) is 114 Å². The summed E-state index contributed by atoms with van der Waals surface area (Å²) in [7, 11) is -1.51. The van der Waals surface area contributed by atoms with Crippen molar-refractivity contribution in [1.82, 2.24) is 10.2 Å². The molecule has 0 aliphatic rings. The highest BCUT2D eigenvalue weighted by atomic mass is 35.5. The van der Waals surface area contributed by atoms with Crippen LogP contribution in [0.1, 0.15) is 33.3 Å². The fraction of sp³-hybridized carbons (Fsp3) is 0.375. The highest BCUT2D eigenvalue weighted by Crippen LogP contribution is 2.33. The monoisotopic (exact) mass is 679 g/mol. The van der Waals surface area contributed by atoms with Gasteiger partial charge in [0.2, 0.25) is 11.8 Å². The van der Waals surface area contributed by atoms with E-state index in [9.17, 15) is 18.0 Å². The SMILES string of the molecule is CCOc1ccc(N(CC(=O)N(Cc2ccc(Cl)c(Cl)c2)[C@H](C)C(=O)NCC(C)C)S(=O)(=O)c2ccc(OC)c(OC)c2)cc1. The molecule has 0 heterocycles. The van der Waals surface area contributed by atoms with E-state index >= 15 is 0 Å². The summed E-state index contributed by atoms with van der Waals surface area (Å²) in [6, 6.07) is 14.5. The van der Waals surface area contributed by atoms with Gasteiger partial charge in [-0.3, -0.25) is 13.9 Å². The Morgan fingerprint density at radius 1 is 0.889 bits per heavy atom. The van der Waals surface area contributed by atoms with Gasteiger partial charge in [-0.1, -0.05) is 43.1 Å². The zero-order valence-electron chi connectivity index (χ0n) is 26.2. The van der Waals surface area contributed by atoms with Crippen LogP contribution in [-0.2, 0) is 26.2 Å². The second-order valence-corrected chi connectivity index (χ2v) is 13.2. The Morgan fingerprint density at radius 2 is 1.56 bits per heavy atom. The van der Waals surface area contributed by atoms with Gasteiger partial charge in [0, 0.05) is 19.2 Å². The van der Waals surface area contributed by atoms with Crippen molar-refractivity contribution >= 4 is 50.7 Å². The van der Waals surface area contributed by atoms with Gasteiger partial charge in [0.25, 0.3) is 10.0 Å². The number of carbonyl (C=O) groups is 2. The standard InChI is InChI=1S/C32H39Cl2N3O7S/c1-7-44-25-11-9-24(10-12-25)37(45(40,41)26-13-15-29(42-5)30(17-26)43-6)20-31(38)36(22(4)32(39)35-18-21(2)3)19-23-8-14-27(33)28(34)16-23/h8-17,21-22H,7,18-20H2,1-6H3,(H,35,39)/t22-/m1/s1. The Hall–Kier alpha value is -3.67. The molecule has 0 saturated carbocycles. The third-order valence-electron chi connectivity index (χ3n) is 6.85. The maximum atomic E-state index is 14.2. The summed E-state index contributed by atoms with van der Waals surface area (Å²) < 4.78 is 45.5. The number of nitrogens with zero attached hydrogens (tertiary/aromatic N) is 2. The quantitative estimate of drug-likeness (QED) is 0.216. The van der Waals surface area contributed by atoms with Gasteiger partial charge in [0.15, 0.2) is 11.5 Å². The molecule has 1 N–H and O–H groups in total. The summed E-state index contributed by atoms with van der Waals surface area (Å²) in [5.74, 6) is 0.260. The van der Waals surface area contributed by atoms with E-state index in [1.54, 1.807) is 49.4 Å². The first kappa shape index (κ1) is 35.8. The molecule has 3 rings (SSSR count). The molecule has 0 saturated heterocycles. The Bertz CT molecular complexity index is 1580. The molecular formula is C32H39Cl2N3O7S. The minimum atomic E-state index is -4.35. The molecule has 13 heteroatoms. The summed E-state index contributed by atoms with van der Waals surface area (Å²) in [6.45, 7) is 7.52. The summed E-state index contributed by atoms with van der Waals surface area (Å²) in [6.07, 6.45) is 0. The number of hydrogen-bond donors (Lipinski definition) is 1. The molecular weight excluding hydrogens is 641 g/mol. The first-order valence-corrected chi connectivity index (χ1v) is 16.5. The molecule has 0 aliphatic heterocycles. The number of amides is 2. The number of anilines is 1. The molecule has 244 valence electrons. The second kappa shape index (κ2) is 16.1. The van der Waals surface area contributed by atoms with Crippen LogP contribution >= 0.6 is 23.2 Å². The molecule has 1 atom stereocenters. The van der Waals surface area contributed by atoms with E-state index in [4.69, 9.17) is 37.4 Å². The first-order chi connectivity index (χ1) is 21.3. The van der Waals surface area contributed by atoms with Gasteiger partial charge in [0.1, 0.15) is 18.3 Å². The Balaban J connectivity index is 2.08. The number of nitrogens with one attached hydrogen (secondary N) is 1. The number of halogens is 2. The van der Waals surface area contributed by atoms with Gasteiger partial charge in [0.05, 0.1) is 41.5 Å². The van der Waals surface area contributed by atoms with Crippen molar-refractivity contribution in [1.29, 1.82) is 0 Å². The van der Waals surface area contributed by atoms with E-state index in [1.807, 2.05) is 20.8 Å². The van der Waals surface area contributed by atoms with E-state index < -0.39 is 28.5 Å². The number of carbonyl (C=O) groups excluding carboxylic acids is 2. The molecule has 0 spiro atoms. The molecule has 2 amide bonds. The van der Waals surface area contributed by atoms with Crippen LogP contribution in [0, 0.1) is 5.92 Å². The van der Waals surface area contributed by atoms with Gasteiger partial charge >= 0.3 is 0 Å². The maximum absolute atomic E-state index is 14.2. The van der Waals surface area contributed by atoms with E-state index in [0.717, 1.165) is 4.31 Å². The van der Waals surface area contributed by atoms with Gasteiger partial charge in [-0.15, -0.1) is 0 Å². The van der Waals surface area contributed by atoms with Crippen molar-refractivity contribution in [3.63, 3.8) is 0 Å². The van der Waals surface area contributed by atoms with Crippen LogP contribution in [0.15, 0.2) is 65.6 Å². The molecule has 45 heavy (non-hydrogen) atoms. The van der Waals surface area contributed by atoms with Crippen LogP contribution in [0.3, 0.4) is 0 Å². The number of rotatable bonds is 15. The van der Waals surface area contributed by atoms with Crippen LogP contribution < -0.4 is 23.8 Å². The van der Waals surface area contributed by atoms with Crippen molar-refractivity contribution in [2.45, 2.75) is 45.2 Å². The van der Waals surface area contributed by atoms with E-state index in [1.165, 1.54) is 37.3 Å². The zero-order chi connectivity index (χ0) is 33.3. The van der Waals surface area contributed by atoms with Crippen LogP contribution in [0.2, 0.25) is 10.0 Å². The predicted molar refractivity (Wildman–Crippen MR) is 176 cm³/mol. The van der Waals surface area contributed by atoms with Crippen LogP contribution in [0.5, 0.6) is 17.2 Å². The number of methoxy groups -OCH3 is 2. The minimum absolute atomic E-state index is 0.0283. The van der Waals surface area contributed by atoms with E-state index in [2.05, 4.69) is 5.32 Å². The molecule has 0 aliphatic carbocycles. The van der Waals surface area contributed by atoms with Crippen LogP contribution in [0.25, 0.3) is 0 Å². The number of hydrogen-bond acceptors (Lipinski definition) is 7. The second-order valence-electron chi connectivity index (χ2n) is 10.5. The Kier molecular flexibility index (Phi) is 12.8. The molecule has 3 aromatic carbocycles. The number of ether oxygens (including phenoxy) is 3. The predicted octanol–water partition coefficient (Wildman–Crippen LogP) is 5.79. The van der Waals surface area contributed by atoms with Crippen LogP contribution in [0.4, 0.5) is 5.69 Å². The molecule has 10 nitrogen and oxygen atoms in total.